The molecule has 0 aromatic rings. The van der Waals surface area contributed by atoms with Crippen molar-refractivity contribution in [3.8, 4) is 0 Å². The van der Waals surface area contributed by atoms with E-state index in [-0.39, 0.29) is 11.5 Å². The molecule has 18 heavy (non-hydrogen) atoms. The van der Waals surface area contributed by atoms with Gasteiger partial charge in [0.2, 0.25) is 0 Å². The lowest BCUT2D eigenvalue weighted by Gasteiger charge is -2.37. The summed E-state index contributed by atoms with van der Waals surface area (Å²) in [5.41, 5.74) is 0.227. The van der Waals surface area contributed by atoms with Crippen molar-refractivity contribution in [1.29, 1.82) is 0 Å². The van der Waals surface area contributed by atoms with Crippen LogP contribution in [0.25, 0.3) is 0 Å². The van der Waals surface area contributed by atoms with E-state index >= 15 is 0 Å². The Balaban J connectivity index is 2.56. The summed E-state index contributed by atoms with van der Waals surface area (Å²) in [4.78, 5) is 12.0. The van der Waals surface area contributed by atoms with Crippen molar-refractivity contribution in [3.05, 3.63) is 0 Å². The van der Waals surface area contributed by atoms with Crippen LogP contribution in [0.15, 0.2) is 0 Å². The molecule has 0 spiro atoms. The van der Waals surface area contributed by atoms with E-state index in [0.29, 0.717) is 17.1 Å². The Morgan fingerprint density at radius 3 is 2.33 bits per heavy atom. The molecule has 2 heteroatoms. The maximum atomic E-state index is 12.0. The van der Waals surface area contributed by atoms with Crippen LogP contribution >= 0.6 is 0 Å². The quantitative estimate of drug-likeness (QED) is 0.750. The molecule has 1 aliphatic carbocycles. The Kier molecular flexibility index (Phi) is 4.99. The zero-order chi connectivity index (χ0) is 14.0. The van der Waals surface area contributed by atoms with Crippen LogP contribution in [0, 0.1) is 17.3 Å². The fourth-order valence-corrected chi connectivity index (χ4v) is 2.80. The Labute approximate surface area is 112 Å². The lowest BCUT2D eigenvalue weighted by molar-refractivity contribution is -0.127. The highest BCUT2D eigenvalue weighted by molar-refractivity contribution is 5.81. The largest absolute Gasteiger partial charge is 0.379 e. The molecule has 0 aromatic heterocycles. The highest BCUT2D eigenvalue weighted by Gasteiger charge is 2.35. The first kappa shape index (κ1) is 15.7. The summed E-state index contributed by atoms with van der Waals surface area (Å²) < 4.78 is 5.45. The van der Waals surface area contributed by atoms with Crippen molar-refractivity contribution in [1.82, 2.24) is 0 Å². The second kappa shape index (κ2) is 5.73. The normalized spacial score (nSPS) is 26.4. The predicted molar refractivity (Wildman–Crippen MR) is 75.6 cm³/mol. The Bertz CT molecular complexity index is 286. The van der Waals surface area contributed by atoms with E-state index in [1.165, 1.54) is 0 Å². The summed E-state index contributed by atoms with van der Waals surface area (Å²) >= 11 is 0. The van der Waals surface area contributed by atoms with Gasteiger partial charge in [-0.1, -0.05) is 20.8 Å². The van der Waals surface area contributed by atoms with E-state index in [2.05, 4.69) is 34.6 Å². The van der Waals surface area contributed by atoms with Gasteiger partial charge in [0.05, 0.1) is 5.60 Å². The van der Waals surface area contributed by atoms with E-state index in [0.717, 1.165) is 32.1 Å². The number of ketones is 1. The van der Waals surface area contributed by atoms with Gasteiger partial charge in [-0.15, -0.1) is 0 Å². The topological polar surface area (TPSA) is 26.3 Å². The Morgan fingerprint density at radius 1 is 1.22 bits per heavy atom. The number of hydrogen-bond acceptors (Lipinski definition) is 2. The fourth-order valence-electron chi connectivity index (χ4n) is 2.80. The van der Waals surface area contributed by atoms with Crippen molar-refractivity contribution in [3.63, 3.8) is 0 Å². The van der Waals surface area contributed by atoms with Gasteiger partial charge in [0, 0.05) is 19.4 Å². The first-order chi connectivity index (χ1) is 8.15. The molecule has 1 aliphatic rings. The minimum atomic E-state index is -0.102. The van der Waals surface area contributed by atoms with Gasteiger partial charge in [-0.25, -0.2) is 0 Å². The van der Waals surface area contributed by atoms with Gasteiger partial charge < -0.3 is 4.74 Å². The van der Waals surface area contributed by atoms with Crippen molar-refractivity contribution < 1.29 is 9.53 Å². The van der Waals surface area contributed by atoms with Gasteiger partial charge in [0.15, 0.2) is 0 Å². The van der Waals surface area contributed by atoms with Crippen molar-refractivity contribution >= 4 is 5.78 Å². The van der Waals surface area contributed by atoms with E-state index in [1.54, 1.807) is 7.11 Å². The first-order valence-corrected chi connectivity index (χ1v) is 7.23. The molecular weight excluding hydrogens is 224 g/mol. The number of carbonyl (C=O) groups excluding carboxylic acids is 1. The monoisotopic (exact) mass is 254 g/mol. The van der Waals surface area contributed by atoms with E-state index in [1.807, 2.05) is 0 Å². The van der Waals surface area contributed by atoms with E-state index < -0.39 is 0 Å². The minimum Gasteiger partial charge on any atom is -0.379 e. The lowest BCUT2D eigenvalue weighted by atomic mass is 9.67. The standard InChI is InChI=1S/C16H30O2/c1-15(2,3)13-7-8-14(17)12(11-13)9-10-16(4,5)18-6/h12-13H,7-11H2,1-6H3. The van der Waals surface area contributed by atoms with Crippen LogP contribution in [-0.4, -0.2) is 18.5 Å². The van der Waals surface area contributed by atoms with Crippen LogP contribution in [0.1, 0.15) is 66.7 Å². The molecule has 1 fully saturated rings. The molecule has 0 N–H and O–H groups in total. The average Bonchev–Trinajstić information content (AvgIpc) is 2.26. The number of carbonyl (C=O) groups is 1. The number of hydrogen-bond donors (Lipinski definition) is 0. The van der Waals surface area contributed by atoms with Crippen LogP contribution in [0.3, 0.4) is 0 Å². The smallest absolute Gasteiger partial charge is 0.135 e. The third kappa shape index (κ3) is 4.38. The summed E-state index contributed by atoms with van der Waals surface area (Å²) in [7, 11) is 1.75. The Hall–Kier alpha value is -0.370. The third-order valence-electron chi connectivity index (χ3n) is 4.64. The molecule has 0 aliphatic heterocycles. The molecule has 1 saturated carbocycles. The van der Waals surface area contributed by atoms with Crippen molar-refractivity contribution in [2.75, 3.05) is 7.11 Å². The number of ether oxygens (including phenoxy) is 1. The van der Waals surface area contributed by atoms with Crippen LogP contribution in [-0.2, 0) is 9.53 Å². The van der Waals surface area contributed by atoms with E-state index in [9.17, 15) is 4.79 Å². The first-order valence-electron chi connectivity index (χ1n) is 7.23. The van der Waals surface area contributed by atoms with Crippen LogP contribution < -0.4 is 0 Å². The molecule has 0 amide bonds. The molecule has 0 saturated heterocycles. The summed E-state index contributed by atoms with van der Waals surface area (Å²) in [6.45, 7) is 11.1. The third-order valence-corrected chi connectivity index (χ3v) is 4.64. The molecule has 0 heterocycles. The van der Waals surface area contributed by atoms with Gasteiger partial charge >= 0.3 is 0 Å². The molecular formula is C16H30O2. The minimum absolute atomic E-state index is 0.102. The zero-order valence-electron chi connectivity index (χ0n) is 13.0. The molecule has 2 nitrogen and oxygen atoms in total. The maximum Gasteiger partial charge on any atom is 0.135 e. The summed E-state index contributed by atoms with van der Waals surface area (Å²) in [6, 6.07) is 0. The maximum absolute atomic E-state index is 12.0. The summed E-state index contributed by atoms with van der Waals surface area (Å²) in [5.74, 6) is 1.42. The second-order valence-electron chi connectivity index (χ2n) is 7.50. The van der Waals surface area contributed by atoms with Crippen LogP contribution in [0.4, 0.5) is 0 Å². The zero-order valence-corrected chi connectivity index (χ0v) is 13.0. The number of methoxy groups -OCH3 is 1. The molecule has 0 bridgehead atoms. The molecule has 1 rings (SSSR count). The van der Waals surface area contributed by atoms with Gasteiger partial charge in [-0.05, 0) is 50.9 Å². The summed E-state index contributed by atoms with van der Waals surface area (Å²) in [5, 5.41) is 0. The average molecular weight is 254 g/mol. The Morgan fingerprint density at radius 2 is 1.83 bits per heavy atom. The van der Waals surface area contributed by atoms with E-state index in [4.69, 9.17) is 4.74 Å². The van der Waals surface area contributed by atoms with Gasteiger partial charge in [0.1, 0.15) is 5.78 Å². The number of rotatable bonds is 4. The molecule has 2 atom stereocenters. The van der Waals surface area contributed by atoms with Gasteiger partial charge in [0.25, 0.3) is 0 Å². The van der Waals surface area contributed by atoms with Crippen molar-refractivity contribution in [2.24, 2.45) is 17.3 Å². The highest BCUT2D eigenvalue weighted by atomic mass is 16.5. The second-order valence-corrected chi connectivity index (χ2v) is 7.50. The lowest BCUT2D eigenvalue weighted by Crippen LogP contribution is -2.33. The molecule has 0 aromatic carbocycles. The molecule has 0 radical (unpaired) electrons. The fraction of sp³-hybridized carbons (Fsp3) is 0.938. The number of Topliss-reactive ketones (excluding diaryl/α,β-unsaturated/α-hetero) is 1. The molecule has 106 valence electrons. The molecule has 2 unspecified atom stereocenters. The summed E-state index contributed by atoms with van der Waals surface area (Å²) in [6.07, 6.45) is 4.87. The highest BCUT2D eigenvalue weighted by Crippen LogP contribution is 2.40. The van der Waals surface area contributed by atoms with Gasteiger partial charge in [-0.2, -0.15) is 0 Å². The van der Waals surface area contributed by atoms with Gasteiger partial charge in [-0.3, -0.25) is 4.79 Å². The van der Waals surface area contributed by atoms with Crippen LogP contribution in [0.5, 0.6) is 0 Å². The van der Waals surface area contributed by atoms with Crippen LogP contribution in [0.2, 0.25) is 0 Å². The SMILES string of the molecule is COC(C)(C)CCC1CC(C(C)(C)C)CCC1=O. The van der Waals surface area contributed by atoms with Crippen molar-refractivity contribution in [2.45, 2.75) is 72.3 Å². The predicted octanol–water partition coefficient (Wildman–Crippen LogP) is 4.22.